The number of nitrogens with one attached hydrogen (secondary N) is 1. The van der Waals surface area contributed by atoms with Crippen LogP contribution in [0.25, 0.3) is 22.2 Å². The van der Waals surface area contributed by atoms with Gasteiger partial charge in [0.1, 0.15) is 5.82 Å². The lowest BCUT2D eigenvalue weighted by molar-refractivity contribution is 0.102. The highest BCUT2D eigenvalue weighted by molar-refractivity contribution is 6.04. The van der Waals surface area contributed by atoms with E-state index >= 15 is 0 Å². The Morgan fingerprint density at radius 3 is 2.50 bits per heavy atom. The second kappa shape index (κ2) is 6.99. The summed E-state index contributed by atoms with van der Waals surface area (Å²) in [4.78, 5) is 24.3. The molecule has 1 aliphatic carbocycles. The van der Waals surface area contributed by atoms with Gasteiger partial charge in [0.15, 0.2) is 5.58 Å². The van der Waals surface area contributed by atoms with Crippen LogP contribution in [-0.4, -0.2) is 10.5 Å². The van der Waals surface area contributed by atoms with Gasteiger partial charge in [-0.15, -0.1) is 0 Å². The molecule has 0 aliphatic heterocycles. The first-order chi connectivity index (χ1) is 14.5. The van der Waals surface area contributed by atoms with Gasteiger partial charge in [0.25, 0.3) is 5.91 Å². The Balaban J connectivity index is 1.48. The molecule has 1 aromatic heterocycles. The van der Waals surface area contributed by atoms with Crippen molar-refractivity contribution in [2.75, 3.05) is 5.32 Å². The third-order valence-electron chi connectivity index (χ3n) is 5.56. The maximum absolute atomic E-state index is 13.8. The van der Waals surface area contributed by atoms with Crippen LogP contribution in [-0.2, 0) is 7.05 Å². The average molecular weight is 402 g/mol. The summed E-state index contributed by atoms with van der Waals surface area (Å²) in [5, 5.41) is 2.73. The molecule has 6 heteroatoms. The Morgan fingerprint density at radius 1 is 1.07 bits per heavy atom. The van der Waals surface area contributed by atoms with E-state index in [1.54, 1.807) is 31.3 Å². The van der Waals surface area contributed by atoms with Gasteiger partial charge in [-0.3, -0.25) is 9.36 Å². The van der Waals surface area contributed by atoms with Crippen molar-refractivity contribution in [2.45, 2.75) is 18.8 Å². The highest BCUT2D eigenvalue weighted by Gasteiger charge is 2.30. The number of fused-ring (bicyclic) bond motifs is 1. The van der Waals surface area contributed by atoms with E-state index in [1.165, 1.54) is 16.7 Å². The molecule has 1 fully saturated rings. The molecule has 5 nitrogen and oxygen atoms in total. The van der Waals surface area contributed by atoms with Crippen molar-refractivity contribution in [2.24, 2.45) is 7.05 Å². The minimum Gasteiger partial charge on any atom is -0.407 e. The molecule has 0 atom stereocenters. The largest absolute Gasteiger partial charge is 0.419 e. The molecule has 0 bridgehead atoms. The SMILES string of the molecule is Cn1c(=O)oc2c(C3CC3)c(-c3ccc(NC(=O)c4ccccc4F)cc3)ccc21. The molecule has 0 saturated heterocycles. The maximum atomic E-state index is 13.8. The predicted octanol–water partition coefficient (Wildman–Crippen LogP) is 5.07. The first kappa shape index (κ1) is 18.4. The van der Waals surface area contributed by atoms with Crippen LogP contribution in [0.3, 0.4) is 0 Å². The second-order valence-electron chi connectivity index (χ2n) is 7.59. The molecule has 0 unspecified atom stereocenters. The number of aryl methyl sites for hydroxylation is 1. The first-order valence-electron chi connectivity index (χ1n) is 9.81. The van der Waals surface area contributed by atoms with Crippen molar-refractivity contribution < 1.29 is 13.6 Å². The van der Waals surface area contributed by atoms with Gasteiger partial charge in [-0.1, -0.05) is 30.3 Å². The minimum absolute atomic E-state index is 0.00199. The summed E-state index contributed by atoms with van der Waals surface area (Å²) in [5.41, 5.74) is 5.07. The van der Waals surface area contributed by atoms with Crippen molar-refractivity contribution >= 4 is 22.7 Å². The number of anilines is 1. The molecule has 1 saturated carbocycles. The summed E-state index contributed by atoms with van der Waals surface area (Å²) in [6.45, 7) is 0. The first-order valence-corrected chi connectivity index (χ1v) is 9.81. The molecule has 0 radical (unpaired) electrons. The monoisotopic (exact) mass is 402 g/mol. The lowest BCUT2D eigenvalue weighted by atomic mass is 9.95. The van der Waals surface area contributed by atoms with Crippen molar-refractivity contribution in [1.82, 2.24) is 4.57 Å². The van der Waals surface area contributed by atoms with Gasteiger partial charge >= 0.3 is 5.76 Å². The molecule has 4 aromatic rings. The number of carbonyl (C=O) groups excluding carboxylic acids is 1. The number of hydrogen-bond acceptors (Lipinski definition) is 3. The number of amides is 1. The number of carbonyl (C=O) groups is 1. The maximum Gasteiger partial charge on any atom is 0.419 e. The summed E-state index contributed by atoms with van der Waals surface area (Å²) in [6, 6.07) is 17.2. The molecule has 1 amide bonds. The number of halogens is 1. The zero-order valence-electron chi connectivity index (χ0n) is 16.3. The molecule has 30 heavy (non-hydrogen) atoms. The zero-order chi connectivity index (χ0) is 20.8. The van der Waals surface area contributed by atoms with Crippen LogP contribution in [0.15, 0.2) is 69.9 Å². The van der Waals surface area contributed by atoms with E-state index in [1.807, 2.05) is 24.3 Å². The fourth-order valence-corrected chi connectivity index (χ4v) is 3.82. The lowest BCUT2D eigenvalue weighted by Crippen LogP contribution is -2.13. The minimum atomic E-state index is -0.557. The van der Waals surface area contributed by atoms with Gasteiger partial charge < -0.3 is 9.73 Å². The smallest absolute Gasteiger partial charge is 0.407 e. The molecule has 1 aliphatic rings. The Bertz CT molecular complexity index is 1330. The van der Waals surface area contributed by atoms with Crippen LogP contribution in [0.1, 0.15) is 34.7 Å². The highest BCUT2D eigenvalue weighted by atomic mass is 19.1. The average Bonchev–Trinajstić information content (AvgIpc) is 3.54. The highest BCUT2D eigenvalue weighted by Crippen LogP contribution is 2.47. The van der Waals surface area contributed by atoms with Gasteiger partial charge in [-0.25, -0.2) is 9.18 Å². The van der Waals surface area contributed by atoms with Crippen molar-refractivity contribution in [3.8, 4) is 11.1 Å². The van der Waals surface area contributed by atoms with Gasteiger partial charge in [0, 0.05) is 18.3 Å². The number of hydrogen-bond donors (Lipinski definition) is 1. The topological polar surface area (TPSA) is 64.2 Å². The molecule has 0 spiro atoms. The summed E-state index contributed by atoms with van der Waals surface area (Å²) in [5.74, 6) is -1.03. The number of rotatable bonds is 4. The van der Waals surface area contributed by atoms with Gasteiger partial charge in [0.2, 0.25) is 0 Å². The molecule has 150 valence electrons. The van der Waals surface area contributed by atoms with Crippen LogP contribution >= 0.6 is 0 Å². The van der Waals surface area contributed by atoms with Crippen molar-refractivity contribution in [3.63, 3.8) is 0 Å². The van der Waals surface area contributed by atoms with E-state index in [4.69, 9.17) is 4.42 Å². The van der Waals surface area contributed by atoms with E-state index in [0.717, 1.165) is 35.0 Å². The number of aromatic nitrogens is 1. The summed E-state index contributed by atoms with van der Waals surface area (Å²) in [6.07, 6.45) is 2.14. The van der Waals surface area contributed by atoms with E-state index in [9.17, 15) is 14.0 Å². The van der Waals surface area contributed by atoms with Crippen LogP contribution in [0.4, 0.5) is 10.1 Å². The van der Waals surface area contributed by atoms with E-state index in [2.05, 4.69) is 5.32 Å². The fourth-order valence-electron chi connectivity index (χ4n) is 3.82. The lowest BCUT2D eigenvalue weighted by Gasteiger charge is -2.11. The van der Waals surface area contributed by atoms with Crippen molar-refractivity contribution in [1.29, 1.82) is 0 Å². The predicted molar refractivity (Wildman–Crippen MR) is 113 cm³/mol. The third-order valence-corrected chi connectivity index (χ3v) is 5.56. The summed E-state index contributed by atoms with van der Waals surface area (Å²) >= 11 is 0. The van der Waals surface area contributed by atoms with E-state index in [0.29, 0.717) is 17.2 Å². The molecular weight excluding hydrogens is 383 g/mol. The van der Waals surface area contributed by atoms with Crippen LogP contribution in [0, 0.1) is 5.82 Å². The Kier molecular flexibility index (Phi) is 4.28. The van der Waals surface area contributed by atoms with Gasteiger partial charge in [0.05, 0.1) is 11.1 Å². The number of nitrogens with zero attached hydrogens (tertiary/aromatic N) is 1. The molecule has 5 rings (SSSR count). The van der Waals surface area contributed by atoms with Gasteiger partial charge in [-0.05, 0) is 60.2 Å². The second-order valence-corrected chi connectivity index (χ2v) is 7.59. The summed E-state index contributed by atoms with van der Waals surface area (Å²) in [7, 11) is 1.71. The Morgan fingerprint density at radius 2 is 1.80 bits per heavy atom. The summed E-state index contributed by atoms with van der Waals surface area (Å²) < 4.78 is 20.9. The Labute approximate surface area is 171 Å². The van der Waals surface area contributed by atoms with E-state index < -0.39 is 11.7 Å². The van der Waals surface area contributed by atoms with Gasteiger partial charge in [-0.2, -0.15) is 0 Å². The number of benzene rings is 3. The number of oxazole rings is 1. The standard InChI is InChI=1S/C24H19FN2O3/c1-27-20-13-12-17(21(15-6-7-15)22(20)30-24(27)29)14-8-10-16(11-9-14)26-23(28)18-4-2-3-5-19(18)25/h2-5,8-13,15H,6-7H2,1H3,(H,26,28). The molecule has 3 aromatic carbocycles. The van der Waals surface area contributed by atoms with Crippen molar-refractivity contribution in [3.05, 3.63) is 88.2 Å². The quantitative estimate of drug-likeness (QED) is 0.518. The molecular formula is C24H19FN2O3. The third kappa shape index (κ3) is 3.10. The fraction of sp³-hybridized carbons (Fsp3) is 0.167. The molecule has 1 heterocycles. The molecule has 1 N–H and O–H groups in total. The van der Waals surface area contributed by atoms with Crippen LogP contribution in [0.2, 0.25) is 0 Å². The Hall–Kier alpha value is -3.67. The zero-order valence-corrected chi connectivity index (χ0v) is 16.3. The normalized spacial score (nSPS) is 13.5. The van der Waals surface area contributed by atoms with E-state index in [-0.39, 0.29) is 11.3 Å². The van der Waals surface area contributed by atoms with Crippen LogP contribution in [0.5, 0.6) is 0 Å². The van der Waals surface area contributed by atoms with Crippen LogP contribution < -0.4 is 11.1 Å².